The van der Waals surface area contributed by atoms with Crippen molar-refractivity contribution in [3.05, 3.63) is 91.0 Å². The fourth-order valence-corrected chi connectivity index (χ4v) is 3.03. The lowest BCUT2D eigenvalue weighted by Crippen LogP contribution is -2.21. The molecule has 0 unspecified atom stereocenters. The summed E-state index contributed by atoms with van der Waals surface area (Å²) in [6.45, 7) is 0. The van der Waals surface area contributed by atoms with Crippen LogP contribution in [0.2, 0.25) is 0 Å². The van der Waals surface area contributed by atoms with E-state index in [1.807, 2.05) is 18.2 Å². The fourth-order valence-electron chi connectivity index (χ4n) is 3.03. The van der Waals surface area contributed by atoms with Crippen LogP contribution in [0, 0.1) is 34.4 Å². The molecule has 1 heterocycles. The van der Waals surface area contributed by atoms with Gasteiger partial charge < -0.3 is 0 Å². The summed E-state index contributed by atoms with van der Waals surface area (Å²) >= 11 is 0. The van der Waals surface area contributed by atoms with E-state index in [0.29, 0.717) is 17.1 Å². The first-order chi connectivity index (χ1) is 16.2. The number of anilines is 6. The summed E-state index contributed by atoms with van der Waals surface area (Å²) in [5.41, 5.74) is 1.57. The van der Waals surface area contributed by atoms with Gasteiger partial charge in [0.15, 0.2) is 18.6 Å². The van der Waals surface area contributed by atoms with Crippen molar-refractivity contribution in [2.75, 3.05) is 14.7 Å². The SMILES string of the molecule is N#CN(c1ccccc1)c1nc(N(C#N)c2ccccc2)nc(N(C#N)c2ccccc2)n1. The molecule has 156 valence electrons. The number of benzene rings is 3. The van der Waals surface area contributed by atoms with E-state index < -0.39 is 0 Å². The van der Waals surface area contributed by atoms with Crippen molar-refractivity contribution in [2.24, 2.45) is 0 Å². The molecular formula is C24H15N9. The second-order valence-corrected chi connectivity index (χ2v) is 6.55. The van der Waals surface area contributed by atoms with Crippen molar-refractivity contribution in [3.8, 4) is 18.6 Å². The standard InChI is InChI=1S/C24H15N9/c25-16-31(19-10-4-1-5-11-19)22-28-23(32(17-26)20-12-6-2-7-13-20)30-24(29-22)33(18-27)21-14-8-3-9-15-21/h1-15H. The van der Waals surface area contributed by atoms with Crippen molar-refractivity contribution in [2.45, 2.75) is 0 Å². The Kier molecular flexibility index (Phi) is 6.03. The molecule has 33 heavy (non-hydrogen) atoms. The zero-order chi connectivity index (χ0) is 23.0. The number of rotatable bonds is 6. The molecule has 0 fully saturated rings. The van der Waals surface area contributed by atoms with Gasteiger partial charge >= 0.3 is 0 Å². The summed E-state index contributed by atoms with van der Waals surface area (Å²) in [7, 11) is 0. The van der Waals surface area contributed by atoms with Crippen LogP contribution in [-0.2, 0) is 0 Å². The van der Waals surface area contributed by atoms with E-state index >= 15 is 0 Å². The maximum absolute atomic E-state index is 9.86. The molecule has 0 aliphatic rings. The first-order valence-corrected chi connectivity index (χ1v) is 9.76. The van der Waals surface area contributed by atoms with E-state index in [9.17, 15) is 15.8 Å². The first kappa shape index (κ1) is 20.8. The van der Waals surface area contributed by atoms with Gasteiger partial charge in [0, 0.05) is 0 Å². The third-order valence-electron chi connectivity index (χ3n) is 4.54. The number of para-hydroxylation sites is 3. The van der Waals surface area contributed by atoms with Crippen molar-refractivity contribution >= 4 is 34.9 Å². The average molecular weight is 429 g/mol. The lowest BCUT2D eigenvalue weighted by Gasteiger charge is -2.20. The molecular weight excluding hydrogens is 414 g/mol. The van der Waals surface area contributed by atoms with Crippen molar-refractivity contribution in [1.82, 2.24) is 15.0 Å². The quantitative estimate of drug-likeness (QED) is 0.316. The minimum atomic E-state index is -0.0314. The smallest absolute Gasteiger partial charge is 0.214 e. The van der Waals surface area contributed by atoms with E-state index in [-0.39, 0.29) is 17.8 Å². The number of hydrogen-bond acceptors (Lipinski definition) is 9. The summed E-state index contributed by atoms with van der Waals surface area (Å²) in [6.07, 6.45) is 6.18. The van der Waals surface area contributed by atoms with Gasteiger partial charge in [-0.15, -0.1) is 0 Å². The fraction of sp³-hybridized carbons (Fsp3) is 0. The Labute approximate surface area is 190 Å². The Morgan fingerprint density at radius 3 is 0.879 bits per heavy atom. The van der Waals surface area contributed by atoms with Crippen LogP contribution >= 0.6 is 0 Å². The topological polar surface area (TPSA) is 120 Å². The molecule has 0 N–H and O–H groups in total. The maximum Gasteiger partial charge on any atom is 0.250 e. The predicted octanol–water partition coefficient (Wildman–Crippen LogP) is 4.73. The number of nitrogens with zero attached hydrogens (tertiary/aromatic N) is 9. The van der Waals surface area contributed by atoms with Crippen LogP contribution in [0.1, 0.15) is 0 Å². The Hall–Kier alpha value is -5.46. The Morgan fingerprint density at radius 1 is 0.424 bits per heavy atom. The zero-order valence-electron chi connectivity index (χ0n) is 17.2. The lowest BCUT2D eigenvalue weighted by molar-refractivity contribution is 0.964. The Morgan fingerprint density at radius 2 is 0.667 bits per heavy atom. The number of nitriles is 3. The molecule has 4 rings (SSSR count). The highest BCUT2D eigenvalue weighted by Gasteiger charge is 2.23. The van der Waals surface area contributed by atoms with Crippen LogP contribution in [0.25, 0.3) is 0 Å². The normalized spacial score (nSPS) is 9.73. The van der Waals surface area contributed by atoms with E-state index in [0.717, 1.165) is 0 Å². The van der Waals surface area contributed by atoms with Gasteiger partial charge in [0.25, 0.3) is 0 Å². The van der Waals surface area contributed by atoms with Crippen LogP contribution < -0.4 is 14.7 Å². The molecule has 4 aromatic rings. The van der Waals surface area contributed by atoms with E-state index in [1.54, 1.807) is 72.8 Å². The monoisotopic (exact) mass is 429 g/mol. The van der Waals surface area contributed by atoms with Crippen molar-refractivity contribution < 1.29 is 0 Å². The summed E-state index contributed by atoms with van der Waals surface area (Å²) in [4.78, 5) is 16.8. The van der Waals surface area contributed by atoms with Crippen LogP contribution in [0.5, 0.6) is 0 Å². The lowest BCUT2D eigenvalue weighted by atomic mass is 10.3. The maximum atomic E-state index is 9.86. The van der Waals surface area contributed by atoms with Crippen LogP contribution in [0.3, 0.4) is 0 Å². The Balaban J connectivity index is 1.91. The zero-order valence-corrected chi connectivity index (χ0v) is 17.2. The predicted molar refractivity (Wildman–Crippen MR) is 122 cm³/mol. The molecule has 0 saturated heterocycles. The number of hydrogen-bond donors (Lipinski definition) is 0. The summed E-state index contributed by atoms with van der Waals surface area (Å²) in [5, 5.41) is 29.6. The largest absolute Gasteiger partial charge is 0.250 e. The van der Waals surface area contributed by atoms with Crippen LogP contribution in [0.15, 0.2) is 91.0 Å². The number of aromatic nitrogens is 3. The van der Waals surface area contributed by atoms with Gasteiger partial charge in [0.05, 0.1) is 17.1 Å². The van der Waals surface area contributed by atoms with Gasteiger partial charge in [-0.3, -0.25) is 0 Å². The highest BCUT2D eigenvalue weighted by atomic mass is 15.4. The molecule has 0 bridgehead atoms. The third kappa shape index (κ3) is 4.36. The average Bonchev–Trinajstić information content (AvgIpc) is 2.87. The van der Waals surface area contributed by atoms with Crippen LogP contribution in [-0.4, -0.2) is 15.0 Å². The summed E-state index contributed by atoms with van der Waals surface area (Å²) in [5.74, 6) is -0.0943. The van der Waals surface area contributed by atoms with Gasteiger partial charge in [-0.25, -0.2) is 14.7 Å². The molecule has 0 aliphatic heterocycles. The molecule has 0 radical (unpaired) electrons. The molecule has 0 saturated carbocycles. The van der Waals surface area contributed by atoms with Gasteiger partial charge in [-0.2, -0.15) is 30.7 Å². The second-order valence-electron chi connectivity index (χ2n) is 6.55. The minimum absolute atomic E-state index is 0.0314. The Bertz CT molecular complexity index is 1170. The van der Waals surface area contributed by atoms with Gasteiger partial charge in [0.2, 0.25) is 17.8 Å². The highest BCUT2D eigenvalue weighted by Crippen LogP contribution is 2.30. The summed E-state index contributed by atoms with van der Waals surface area (Å²) < 4.78 is 0. The molecule has 3 aromatic carbocycles. The molecule has 9 heteroatoms. The molecule has 0 aliphatic carbocycles. The van der Waals surface area contributed by atoms with Gasteiger partial charge in [-0.05, 0) is 36.4 Å². The molecule has 0 amide bonds. The molecule has 1 aromatic heterocycles. The highest BCUT2D eigenvalue weighted by molar-refractivity contribution is 5.70. The minimum Gasteiger partial charge on any atom is -0.214 e. The van der Waals surface area contributed by atoms with Gasteiger partial charge in [-0.1, -0.05) is 54.6 Å². The van der Waals surface area contributed by atoms with Crippen molar-refractivity contribution in [1.29, 1.82) is 15.8 Å². The van der Waals surface area contributed by atoms with Crippen LogP contribution in [0.4, 0.5) is 34.9 Å². The molecule has 0 atom stereocenters. The van der Waals surface area contributed by atoms with E-state index in [4.69, 9.17) is 0 Å². The van der Waals surface area contributed by atoms with Gasteiger partial charge in [0.1, 0.15) is 0 Å². The second kappa shape index (κ2) is 9.57. The third-order valence-corrected chi connectivity index (χ3v) is 4.54. The van der Waals surface area contributed by atoms with Crippen molar-refractivity contribution in [3.63, 3.8) is 0 Å². The molecule has 0 spiro atoms. The first-order valence-electron chi connectivity index (χ1n) is 9.76. The van der Waals surface area contributed by atoms with E-state index in [2.05, 4.69) is 33.5 Å². The van der Waals surface area contributed by atoms with E-state index in [1.165, 1.54) is 14.7 Å². The molecule has 9 nitrogen and oxygen atoms in total. The summed E-state index contributed by atoms with van der Waals surface area (Å²) in [6, 6.07) is 26.5.